The van der Waals surface area contributed by atoms with Gasteiger partial charge in [-0.15, -0.1) is 11.3 Å². The van der Waals surface area contributed by atoms with Crippen LogP contribution in [0.3, 0.4) is 0 Å². The van der Waals surface area contributed by atoms with E-state index in [1.165, 1.54) is 11.3 Å². The van der Waals surface area contributed by atoms with Crippen LogP contribution in [-0.2, 0) is 0 Å². The van der Waals surface area contributed by atoms with Crippen molar-refractivity contribution >= 4 is 43.2 Å². The predicted molar refractivity (Wildman–Crippen MR) is 71.4 cm³/mol. The second-order valence-corrected chi connectivity index (χ2v) is 6.85. The first kappa shape index (κ1) is 15.5. The first-order chi connectivity index (χ1) is 7.83. The number of thiophene rings is 1. The van der Waals surface area contributed by atoms with Crippen LogP contribution in [0.5, 0.6) is 0 Å². The molecule has 17 heavy (non-hydrogen) atoms. The average Bonchev–Trinajstić information content (AvgIpc) is 2.52. The molecule has 1 rings (SSSR count). The molecule has 1 unspecified atom stereocenters. The maximum Gasteiger partial charge on any atom is 0.390 e. The maximum absolute atomic E-state index is 12.5. The second kappa shape index (κ2) is 6.54. The van der Waals surface area contributed by atoms with Crippen LogP contribution in [0.4, 0.5) is 13.2 Å². The van der Waals surface area contributed by atoms with Crippen molar-refractivity contribution in [3.05, 3.63) is 19.2 Å². The molecule has 0 radical (unpaired) electrons. The van der Waals surface area contributed by atoms with Gasteiger partial charge in [-0.1, -0.05) is 6.92 Å². The Morgan fingerprint density at radius 1 is 1.41 bits per heavy atom. The molecule has 1 atom stereocenters. The standard InChI is InChI=1S/C10H12Br2F3NS/c1-2-3-16-7(5-10(13,14)15)8-4-6(11)9(12)17-8/h4,7,16H,2-3,5H2,1H3. The molecule has 1 N–H and O–H groups in total. The van der Waals surface area contributed by atoms with Crippen molar-refractivity contribution in [2.45, 2.75) is 32.0 Å². The molecule has 1 aromatic heterocycles. The highest BCUT2D eigenvalue weighted by Crippen LogP contribution is 2.39. The normalized spacial score (nSPS) is 14.0. The van der Waals surface area contributed by atoms with E-state index in [9.17, 15) is 13.2 Å². The lowest BCUT2D eigenvalue weighted by molar-refractivity contribution is -0.140. The minimum Gasteiger partial charge on any atom is -0.309 e. The highest BCUT2D eigenvalue weighted by molar-refractivity contribution is 9.13. The number of rotatable bonds is 5. The van der Waals surface area contributed by atoms with E-state index in [0.717, 1.165) is 14.7 Å². The minimum atomic E-state index is -4.16. The van der Waals surface area contributed by atoms with Crippen LogP contribution in [0.1, 0.15) is 30.7 Å². The van der Waals surface area contributed by atoms with Gasteiger partial charge in [0.2, 0.25) is 0 Å². The van der Waals surface area contributed by atoms with Gasteiger partial charge in [0.25, 0.3) is 0 Å². The highest BCUT2D eigenvalue weighted by Gasteiger charge is 2.33. The van der Waals surface area contributed by atoms with Crippen molar-refractivity contribution in [3.63, 3.8) is 0 Å². The Bertz CT molecular complexity index is 345. The quantitative estimate of drug-likeness (QED) is 0.717. The van der Waals surface area contributed by atoms with Gasteiger partial charge in [0, 0.05) is 9.35 Å². The molecule has 0 aliphatic rings. The summed E-state index contributed by atoms with van der Waals surface area (Å²) in [5.41, 5.74) is 0. The van der Waals surface area contributed by atoms with Crippen LogP contribution < -0.4 is 5.32 Å². The first-order valence-electron chi connectivity index (χ1n) is 5.08. The zero-order chi connectivity index (χ0) is 13.1. The largest absolute Gasteiger partial charge is 0.390 e. The molecule has 7 heteroatoms. The fourth-order valence-corrected chi connectivity index (χ4v) is 3.52. The Kier molecular flexibility index (Phi) is 5.95. The van der Waals surface area contributed by atoms with Crippen molar-refractivity contribution in [1.82, 2.24) is 5.32 Å². The molecule has 0 bridgehead atoms. The molecule has 0 fully saturated rings. The number of alkyl halides is 3. The Hall–Kier alpha value is 0.410. The van der Waals surface area contributed by atoms with Gasteiger partial charge in [0.1, 0.15) is 0 Å². The van der Waals surface area contributed by atoms with E-state index in [1.54, 1.807) is 6.07 Å². The van der Waals surface area contributed by atoms with Crippen LogP contribution in [0.15, 0.2) is 14.3 Å². The molecule has 0 saturated carbocycles. The maximum atomic E-state index is 12.5. The summed E-state index contributed by atoms with van der Waals surface area (Å²) in [6.07, 6.45) is -4.19. The Morgan fingerprint density at radius 3 is 2.47 bits per heavy atom. The summed E-state index contributed by atoms with van der Waals surface area (Å²) in [5.74, 6) is 0. The van der Waals surface area contributed by atoms with E-state index in [2.05, 4.69) is 37.2 Å². The molecule has 1 heterocycles. The van der Waals surface area contributed by atoms with Crippen molar-refractivity contribution in [2.24, 2.45) is 0 Å². The third-order valence-electron chi connectivity index (χ3n) is 2.08. The lowest BCUT2D eigenvalue weighted by atomic mass is 10.1. The smallest absolute Gasteiger partial charge is 0.309 e. The van der Waals surface area contributed by atoms with Gasteiger partial charge in [0.15, 0.2) is 0 Å². The number of hydrogen-bond acceptors (Lipinski definition) is 2. The molecule has 0 amide bonds. The molecule has 0 aromatic carbocycles. The second-order valence-electron chi connectivity index (χ2n) is 3.60. The number of nitrogens with one attached hydrogen (secondary N) is 1. The van der Waals surface area contributed by atoms with Crippen LogP contribution in [0.2, 0.25) is 0 Å². The van der Waals surface area contributed by atoms with E-state index in [-0.39, 0.29) is 0 Å². The molecule has 1 nitrogen and oxygen atoms in total. The summed E-state index contributed by atoms with van der Waals surface area (Å²) in [6, 6.07) is 1.07. The third kappa shape index (κ3) is 5.28. The fraction of sp³-hybridized carbons (Fsp3) is 0.600. The third-order valence-corrected chi connectivity index (χ3v) is 5.45. The van der Waals surface area contributed by atoms with Gasteiger partial charge in [0.05, 0.1) is 16.2 Å². The Balaban J connectivity index is 2.81. The Morgan fingerprint density at radius 2 is 2.06 bits per heavy atom. The van der Waals surface area contributed by atoms with Gasteiger partial charge >= 0.3 is 6.18 Å². The lowest BCUT2D eigenvalue weighted by Crippen LogP contribution is -2.26. The molecular formula is C10H12Br2F3NS. The first-order valence-corrected chi connectivity index (χ1v) is 7.48. The van der Waals surface area contributed by atoms with Crippen molar-refractivity contribution in [3.8, 4) is 0 Å². The summed E-state index contributed by atoms with van der Waals surface area (Å²) in [5, 5.41) is 2.93. The monoisotopic (exact) mass is 393 g/mol. The van der Waals surface area contributed by atoms with Gasteiger partial charge in [-0.3, -0.25) is 0 Å². The Labute approximate surface area is 119 Å². The SMILES string of the molecule is CCCNC(CC(F)(F)F)c1cc(Br)c(Br)s1. The molecular weight excluding hydrogens is 383 g/mol. The van der Waals surface area contributed by atoms with Crippen LogP contribution in [-0.4, -0.2) is 12.7 Å². The number of hydrogen-bond donors (Lipinski definition) is 1. The van der Waals surface area contributed by atoms with E-state index >= 15 is 0 Å². The molecule has 0 saturated heterocycles. The van der Waals surface area contributed by atoms with E-state index in [1.807, 2.05) is 6.92 Å². The van der Waals surface area contributed by atoms with Crippen molar-refractivity contribution < 1.29 is 13.2 Å². The zero-order valence-corrected chi connectivity index (χ0v) is 13.1. The lowest BCUT2D eigenvalue weighted by Gasteiger charge is -2.18. The molecule has 1 aromatic rings. The van der Waals surface area contributed by atoms with Crippen LogP contribution >= 0.6 is 43.2 Å². The van der Waals surface area contributed by atoms with E-state index < -0.39 is 18.6 Å². The topological polar surface area (TPSA) is 12.0 Å². The zero-order valence-electron chi connectivity index (χ0n) is 9.07. The van der Waals surface area contributed by atoms with Crippen LogP contribution in [0.25, 0.3) is 0 Å². The number of halogens is 5. The molecule has 98 valence electrons. The predicted octanol–water partition coefficient (Wildman–Crippen LogP) is 5.27. The summed E-state index contributed by atoms with van der Waals surface area (Å²) in [6.45, 7) is 2.51. The summed E-state index contributed by atoms with van der Waals surface area (Å²) in [7, 11) is 0. The van der Waals surface area contributed by atoms with E-state index in [4.69, 9.17) is 0 Å². The molecule has 0 aliphatic heterocycles. The van der Waals surface area contributed by atoms with Crippen molar-refractivity contribution in [2.75, 3.05) is 6.54 Å². The van der Waals surface area contributed by atoms with Gasteiger partial charge in [-0.05, 0) is 50.9 Å². The summed E-state index contributed by atoms with van der Waals surface area (Å²) in [4.78, 5) is 0.689. The highest BCUT2D eigenvalue weighted by atomic mass is 79.9. The fourth-order valence-electron chi connectivity index (χ4n) is 1.36. The van der Waals surface area contributed by atoms with Gasteiger partial charge in [-0.2, -0.15) is 13.2 Å². The average molecular weight is 395 g/mol. The minimum absolute atomic E-state index is 0.577. The summed E-state index contributed by atoms with van der Waals surface area (Å²) >= 11 is 7.90. The van der Waals surface area contributed by atoms with E-state index in [0.29, 0.717) is 11.4 Å². The van der Waals surface area contributed by atoms with Gasteiger partial charge in [-0.25, -0.2) is 0 Å². The van der Waals surface area contributed by atoms with Gasteiger partial charge < -0.3 is 5.32 Å². The van der Waals surface area contributed by atoms with Crippen LogP contribution in [0, 0.1) is 0 Å². The molecule has 0 spiro atoms. The molecule has 0 aliphatic carbocycles. The van der Waals surface area contributed by atoms with Crippen molar-refractivity contribution in [1.29, 1.82) is 0 Å². The summed E-state index contributed by atoms with van der Waals surface area (Å²) < 4.78 is 39.0.